The molecule has 2 unspecified atom stereocenters. The molecule has 1 heterocycles. The van der Waals surface area contributed by atoms with Crippen molar-refractivity contribution < 1.29 is 9.59 Å². The fourth-order valence-corrected chi connectivity index (χ4v) is 2.22. The highest BCUT2D eigenvalue weighted by Crippen LogP contribution is 2.28. The highest BCUT2D eigenvalue weighted by Gasteiger charge is 2.28. The van der Waals surface area contributed by atoms with Crippen LogP contribution < -0.4 is 16.8 Å². The molecule has 0 spiro atoms. The van der Waals surface area contributed by atoms with Crippen molar-refractivity contribution in [2.75, 3.05) is 5.32 Å². The molecule has 5 nitrogen and oxygen atoms in total. The number of benzene rings is 1. The molecular formula is C13H17N3O2. The average molecular weight is 247 g/mol. The van der Waals surface area contributed by atoms with Crippen LogP contribution in [0.4, 0.5) is 5.69 Å². The Kier molecular flexibility index (Phi) is 3.34. The first-order valence-electron chi connectivity index (χ1n) is 5.92. The lowest BCUT2D eigenvalue weighted by Crippen LogP contribution is -2.41. The zero-order valence-corrected chi connectivity index (χ0v) is 10.3. The lowest BCUT2D eigenvalue weighted by Gasteiger charge is -2.26. The maximum absolute atomic E-state index is 11.9. The summed E-state index contributed by atoms with van der Waals surface area (Å²) in [5.41, 5.74) is 13.8. The summed E-state index contributed by atoms with van der Waals surface area (Å²) < 4.78 is 0. The molecule has 1 aliphatic heterocycles. The molecule has 18 heavy (non-hydrogen) atoms. The second-order valence-electron chi connectivity index (χ2n) is 4.80. The van der Waals surface area contributed by atoms with E-state index in [1.807, 2.05) is 25.1 Å². The fourth-order valence-electron chi connectivity index (χ4n) is 2.22. The number of fused-ring (bicyclic) bond motifs is 1. The van der Waals surface area contributed by atoms with Gasteiger partial charge in [0.1, 0.15) is 0 Å². The number of carbonyl (C=O) groups excluding carboxylic acids is 2. The topological polar surface area (TPSA) is 98.2 Å². The van der Waals surface area contributed by atoms with Gasteiger partial charge in [-0.25, -0.2) is 0 Å². The van der Waals surface area contributed by atoms with Crippen LogP contribution in [0.2, 0.25) is 0 Å². The van der Waals surface area contributed by atoms with Gasteiger partial charge >= 0.3 is 0 Å². The van der Waals surface area contributed by atoms with E-state index in [9.17, 15) is 9.59 Å². The summed E-state index contributed by atoms with van der Waals surface area (Å²) in [6.07, 6.45) is 0.887. The smallest absolute Gasteiger partial charge is 0.234 e. The molecule has 5 N–H and O–H groups in total. The summed E-state index contributed by atoms with van der Waals surface area (Å²) in [6.45, 7) is 2.00. The summed E-state index contributed by atoms with van der Waals surface area (Å²) in [5, 5.41) is 2.83. The molecule has 0 saturated heterocycles. The fraction of sp³-hybridized carbons (Fsp3) is 0.385. The Hall–Kier alpha value is -1.88. The molecular weight excluding hydrogens is 230 g/mol. The quantitative estimate of drug-likeness (QED) is 0.716. The number of hydrogen-bond acceptors (Lipinski definition) is 3. The van der Waals surface area contributed by atoms with E-state index in [1.54, 1.807) is 0 Å². The molecule has 96 valence electrons. The Morgan fingerprint density at radius 2 is 2.28 bits per heavy atom. The number of nitrogens with one attached hydrogen (secondary N) is 1. The molecule has 2 atom stereocenters. The predicted molar refractivity (Wildman–Crippen MR) is 68.8 cm³/mol. The van der Waals surface area contributed by atoms with Gasteiger partial charge in [0.25, 0.3) is 0 Å². The highest BCUT2D eigenvalue weighted by atomic mass is 16.2. The van der Waals surface area contributed by atoms with Gasteiger partial charge in [0.15, 0.2) is 0 Å². The molecule has 0 radical (unpaired) electrons. The molecule has 1 aromatic carbocycles. The molecule has 0 bridgehead atoms. The van der Waals surface area contributed by atoms with E-state index < -0.39 is 11.9 Å². The summed E-state index contributed by atoms with van der Waals surface area (Å²) in [7, 11) is 0. The molecule has 0 fully saturated rings. The number of hydrogen-bond donors (Lipinski definition) is 3. The minimum absolute atomic E-state index is 0.0944. The number of nitrogens with two attached hydrogens (primary N) is 2. The van der Waals surface area contributed by atoms with Gasteiger partial charge in [-0.05, 0) is 31.4 Å². The molecule has 0 aliphatic carbocycles. The number of aryl methyl sites for hydroxylation is 1. The van der Waals surface area contributed by atoms with Crippen molar-refractivity contribution >= 4 is 17.5 Å². The van der Waals surface area contributed by atoms with Crippen LogP contribution in [0.1, 0.15) is 17.5 Å². The Labute approximate surface area is 106 Å². The van der Waals surface area contributed by atoms with E-state index in [2.05, 4.69) is 5.32 Å². The molecule has 0 aromatic heterocycles. The van der Waals surface area contributed by atoms with Gasteiger partial charge in [0.05, 0.1) is 6.04 Å². The minimum Gasteiger partial charge on any atom is -0.368 e. The van der Waals surface area contributed by atoms with Crippen LogP contribution in [0, 0.1) is 12.8 Å². The van der Waals surface area contributed by atoms with Crippen molar-refractivity contribution in [3.63, 3.8) is 0 Å². The van der Waals surface area contributed by atoms with E-state index in [0.717, 1.165) is 16.8 Å². The summed E-state index contributed by atoms with van der Waals surface area (Å²) in [6, 6.07) is 5.12. The SMILES string of the molecule is Cc1ccc2c(c1)CC(CC(N)C(N)=O)C(=O)N2. The van der Waals surface area contributed by atoms with Crippen LogP contribution in [0.15, 0.2) is 18.2 Å². The van der Waals surface area contributed by atoms with Gasteiger partial charge in [0.2, 0.25) is 11.8 Å². The van der Waals surface area contributed by atoms with E-state index >= 15 is 0 Å². The van der Waals surface area contributed by atoms with Crippen molar-refractivity contribution in [3.8, 4) is 0 Å². The normalized spacial score (nSPS) is 19.9. The molecule has 1 aliphatic rings. The van der Waals surface area contributed by atoms with E-state index in [1.165, 1.54) is 0 Å². The molecule has 1 aromatic rings. The van der Waals surface area contributed by atoms with Gasteiger partial charge in [-0.1, -0.05) is 17.7 Å². The number of amides is 2. The summed E-state index contributed by atoms with van der Waals surface area (Å²) in [4.78, 5) is 22.8. The highest BCUT2D eigenvalue weighted by molar-refractivity contribution is 5.96. The Bertz CT molecular complexity index is 499. The lowest BCUT2D eigenvalue weighted by molar-refractivity contribution is -0.122. The van der Waals surface area contributed by atoms with Crippen molar-refractivity contribution in [2.45, 2.75) is 25.8 Å². The molecule has 2 rings (SSSR count). The van der Waals surface area contributed by atoms with Crippen LogP contribution in [0.5, 0.6) is 0 Å². The minimum atomic E-state index is -0.771. The Morgan fingerprint density at radius 3 is 2.94 bits per heavy atom. The van der Waals surface area contributed by atoms with Crippen LogP contribution in [0.25, 0.3) is 0 Å². The first kappa shape index (κ1) is 12.6. The number of rotatable bonds is 3. The zero-order valence-electron chi connectivity index (χ0n) is 10.3. The third-order valence-electron chi connectivity index (χ3n) is 3.26. The van der Waals surface area contributed by atoms with Crippen LogP contribution >= 0.6 is 0 Å². The van der Waals surface area contributed by atoms with Gasteiger partial charge < -0.3 is 16.8 Å². The maximum atomic E-state index is 11.9. The molecule has 5 heteroatoms. The molecule has 0 saturated carbocycles. The van der Waals surface area contributed by atoms with Gasteiger partial charge in [0, 0.05) is 11.6 Å². The number of primary amides is 1. The second-order valence-corrected chi connectivity index (χ2v) is 4.80. The maximum Gasteiger partial charge on any atom is 0.234 e. The summed E-state index contributed by atoms with van der Waals surface area (Å²) in [5.74, 6) is -0.956. The van der Waals surface area contributed by atoms with Gasteiger partial charge in [-0.2, -0.15) is 0 Å². The van der Waals surface area contributed by atoms with Gasteiger partial charge in [-0.15, -0.1) is 0 Å². The van der Waals surface area contributed by atoms with Crippen LogP contribution in [-0.4, -0.2) is 17.9 Å². The monoisotopic (exact) mass is 247 g/mol. The van der Waals surface area contributed by atoms with E-state index in [-0.39, 0.29) is 18.2 Å². The molecule has 2 amide bonds. The van der Waals surface area contributed by atoms with Crippen LogP contribution in [0.3, 0.4) is 0 Å². The zero-order chi connectivity index (χ0) is 13.3. The lowest BCUT2D eigenvalue weighted by atomic mass is 9.87. The van der Waals surface area contributed by atoms with E-state index in [0.29, 0.717) is 6.42 Å². The Morgan fingerprint density at radius 1 is 1.56 bits per heavy atom. The third kappa shape index (κ3) is 2.51. The van der Waals surface area contributed by atoms with Crippen LogP contribution in [-0.2, 0) is 16.0 Å². The predicted octanol–water partition coefficient (Wildman–Crippen LogP) is 0.309. The van der Waals surface area contributed by atoms with E-state index in [4.69, 9.17) is 11.5 Å². The largest absolute Gasteiger partial charge is 0.368 e. The third-order valence-corrected chi connectivity index (χ3v) is 3.26. The van der Waals surface area contributed by atoms with Crippen molar-refractivity contribution in [2.24, 2.45) is 17.4 Å². The first-order valence-corrected chi connectivity index (χ1v) is 5.92. The van der Waals surface area contributed by atoms with Crippen molar-refractivity contribution in [3.05, 3.63) is 29.3 Å². The summed E-state index contributed by atoms with van der Waals surface area (Å²) >= 11 is 0. The Balaban J connectivity index is 2.17. The second kappa shape index (κ2) is 4.78. The number of carbonyl (C=O) groups is 2. The standard InChI is InChI=1S/C13H17N3O2/c1-7-2-3-11-8(4-7)5-9(13(18)16-11)6-10(14)12(15)17/h2-4,9-10H,5-6,14H2,1H3,(H2,15,17)(H,16,18). The van der Waals surface area contributed by atoms with Crippen molar-refractivity contribution in [1.82, 2.24) is 0 Å². The number of anilines is 1. The average Bonchev–Trinajstić information content (AvgIpc) is 2.30. The first-order chi connectivity index (χ1) is 8.47. The van der Waals surface area contributed by atoms with Gasteiger partial charge in [-0.3, -0.25) is 9.59 Å². The van der Waals surface area contributed by atoms with Crippen molar-refractivity contribution in [1.29, 1.82) is 0 Å².